The fourth-order valence-electron chi connectivity index (χ4n) is 12.1. The van der Waals surface area contributed by atoms with E-state index >= 15 is 0 Å². The van der Waals surface area contributed by atoms with Crippen molar-refractivity contribution in [3.8, 4) is 0 Å². The summed E-state index contributed by atoms with van der Waals surface area (Å²) in [6.45, 7) is 1.79. The van der Waals surface area contributed by atoms with Gasteiger partial charge in [-0.1, -0.05) is 258 Å². The van der Waals surface area contributed by atoms with E-state index in [1.165, 1.54) is 199 Å². The van der Waals surface area contributed by atoms with Crippen LogP contribution in [-0.2, 0) is 33.2 Å². The molecular weight excluding hydrogens is 1080 g/mol. The Bertz CT molecular complexity index is 1540. The number of hydrogen-bond acceptors (Lipinski definition) is 18. The fourth-order valence-corrected chi connectivity index (χ4v) is 12.1. The molecule has 498 valence electrons. The van der Waals surface area contributed by atoms with Gasteiger partial charge in [0.1, 0.15) is 73.2 Å². The molecule has 3 heterocycles. The number of carbonyl (C=O) groups is 1. The van der Waals surface area contributed by atoms with Gasteiger partial charge in [0.15, 0.2) is 18.9 Å². The molecule has 0 aromatic heterocycles. The van der Waals surface area contributed by atoms with E-state index in [4.69, 9.17) is 28.4 Å². The van der Waals surface area contributed by atoms with Crippen LogP contribution in [0.3, 0.4) is 0 Å². The van der Waals surface area contributed by atoms with Crippen molar-refractivity contribution in [2.45, 2.75) is 381 Å². The third kappa shape index (κ3) is 31.0. The standard InChI is InChI=1S/C65H125NO18/c1-3-5-7-9-11-13-14-15-16-17-18-19-20-21-22-23-24-25-26-27-28-29-30-31-32-33-35-37-39-41-43-53(71)66-48(49(70)42-40-38-36-34-12-10-8-6-4-2)47-79-63-59(77)56(74)61(51(45-68)81-63)84-65-60(78)57(75)62(52(46-69)82-65)83-64-58(76)55(73)54(72)50(44-67)80-64/h48-52,54-65,67-70,72-78H,3-47H2,1-2H3,(H,66,71). The van der Waals surface area contributed by atoms with Crippen LogP contribution in [0.15, 0.2) is 0 Å². The first-order valence-corrected chi connectivity index (χ1v) is 34.3. The molecule has 3 fully saturated rings. The molecule has 0 spiro atoms. The first-order chi connectivity index (χ1) is 40.8. The van der Waals surface area contributed by atoms with Gasteiger partial charge in [-0.2, -0.15) is 0 Å². The predicted octanol–water partition coefficient (Wildman–Crippen LogP) is 8.33. The molecule has 19 heteroatoms. The minimum absolute atomic E-state index is 0.239. The van der Waals surface area contributed by atoms with Gasteiger partial charge in [0, 0.05) is 6.42 Å². The van der Waals surface area contributed by atoms with Crippen molar-refractivity contribution in [3.63, 3.8) is 0 Å². The maximum atomic E-state index is 13.3. The molecule has 19 nitrogen and oxygen atoms in total. The van der Waals surface area contributed by atoms with Gasteiger partial charge in [-0.15, -0.1) is 0 Å². The number of carbonyl (C=O) groups excluding carboxylic acids is 1. The lowest BCUT2D eigenvalue weighted by Gasteiger charge is -2.48. The molecule has 3 saturated heterocycles. The van der Waals surface area contributed by atoms with E-state index in [0.717, 1.165) is 44.9 Å². The third-order valence-corrected chi connectivity index (χ3v) is 17.7. The second-order valence-corrected chi connectivity index (χ2v) is 25.0. The highest BCUT2D eigenvalue weighted by Crippen LogP contribution is 2.33. The Hall–Kier alpha value is -1.21. The van der Waals surface area contributed by atoms with Gasteiger partial charge in [0.25, 0.3) is 0 Å². The van der Waals surface area contributed by atoms with E-state index in [-0.39, 0.29) is 18.9 Å². The number of aliphatic hydroxyl groups is 11. The molecule has 3 aliphatic rings. The van der Waals surface area contributed by atoms with Crippen LogP contribution in [0.4, 0.5) is 0 Å². The fraction of sp³-hybridized carbons (Fsp3) is 0.985. The van der Waals surface area contributed by atoms with Gasteiger partial charge in [-0.3, -0.25) is 4.79 Å². The number of hydrogen-bond donors (Lipinski definition) is 12. The largest absolute Gasteiger partial charge is 0.394 e. The number of unbranched alkanes of at least 4 members (excludes halogenated alkanes) is 37. The summed E-state index contributed by atoms with van der Waals surface area (Å²) in [5.41, 5.74) is 0. The summed E-state index contributed by atoms with van der Waals surface area (Å²) in [6.07, 6.45) is 23.8. The lowest BCUT2D eigenvalue weighted by Crippen LogP contribution is -2.66. The maximum absolute atomic E-state index is 13.3. The van der Waals surface area contributed by atoms with Gasteiger partial charge in [-0.25, -0.2) is 0 Å². The smallest absolute Gasteiger partial charge is 0.220 e. The number of amides is 1. The molecule has 3 aliphatic heterocycles. The Morgan fingerprint density at radius 2 is 0.679 bits per heavy atom. The molecule has 17 unspecified atom stereocenters. The minimum atomic E-state index is -1.97. The first-order valence-electron chi connectivity index (χ1n) is 34.3. The second kappa shape index (κ2) is 48.6. The molecule has 0 radical (unpaired) electrons. The van der Waals surface area contributed by atoms with Crippen LogP contribution < -0.4 is 5.32 Å². The van der Waals surface area contributed by atoms with Gasteiger partial charge in [0.05, 0.1) is 38.6 Å². The quantitative estimate of drug-likeness (QED) is 0.0255. The van der Waals surface area contributed by atoms with E-state index in [2.05, 4.69) is 19.2 Å². The highest BCUT2D eigenvalue weighted by atomic mass is 16.8. The molecule has 0 aromatic carbocycles. The molecule has 84 heavy (non-hydrogen) atoms. The lowest BCUT2D eigenvalue weighted by molar-refractivity contribution is -0.379. The maximum Gasteiger partial charge on any atom is 0.220 e. The Balaban J connectivity index is 1.33. The van der Waals surface area contributed by atoms with Crippen LogP contribution in [0.5, 0.6) is 0 Å². The van der Waals surface area contributed by atoms with Crippen LogP contribution in [0.1, 0.15) is 277 Å². The number of nitrogens with one attached hydrogen (secondary N) is 1. The molecule has 0 saturated carbocycles. The zero-order valence-electron chi connectivity index (χ0n) is 52.4. The van der Waals surface area contributed by atoms with Crippen LogP contribution >= 0.6 is 0 Å². The monoisotopic (exact) mass is 1210 g/mol. The predicted molar refractivity (Wildman–Crippen MR) is 324 cm³/mol. The molecule has 0 aliphatic carbocycles. The van der Waals surface area contributed by atoms with E-state index in [1.54, 1.807) is 0 Å². The summed E-state index contributed by atoms with van der Waals surface area (Å²) in [4.78, 5) is 13.3. The van der Waals surface area contributed by atoms with Gasteiger partial charge >= 0.3 is 0 Å². The molecule has 1 amide bonds. The molecule has 12 N–H and O–H groups in total. The zero-order valence-corrected chi connectivity index (χ0v) is 52.4. The molecule has 0 aromatic rings. The normalized spacial score (nSPS) is 29.1. The van der Waals surface area contributed by atoms with Gasteiger partial charge in [-0.05, 0) is 12.8 Å². The lowest BCUT2D eigenvalue weighted by atomic mass is 9.96. The SMILES string of the molecule is CCCCCCCCCCCCCCCCCCCCCCCCCCCCCCCCC(=O)NC(COC1OC(CO)C(OC2OC(CO)C(OC3OC(CO)C(O)C(O)C3O)C(O)C2O)C(O)C1O)C(O)CCCCCCCCCCC. The average molecular weight is 1210 g/mol. The van der Waals surface area contributed by atoms with Crippen LogP contribution in [0.25, 0.3) is 0 Å². The summed E-state index contributed by atoms with van der Waals surface area (Å²) in [7, 11) is 0. The highest BCUT2D eigenvalue weighted by molar-refractivity contribution is 5.76. The summed E-state index contributed by atoms with van der Waals surface area (Å²) in [5, 5.41) is 120. The van der Waals surface area contributed by atoms with Crippen molar-refractivity contribution in [2.24, 2.45) is 0 Å². The van der Waals surface area contributed by atoms with Crippen LogP contribution in [0.2, 0.25) is 0 Å². The summed E-state index contributed by atoms with van der Waals surface area (Å²) in [5.74, 6) is -0.239. The summed E-state index contributed by atoms with van der Waals surface area (Å²) < 4.78 is 34.3. The molecule has 3 rings (SSSR count). The average Bonchev–Trinajstić information content (AvgIpc) is 2.90. The second-order valence-electron chi connectivity index (χ2n) is 25.0. The minimum Gasteiger partial charge on any atom is -0.394 e. The first kappa shape index (κ1) is 77.0. The zero-order chi connectivity index (χ0) is 61.2. The van der Waals surface area contributed by atoms with E-state index in [9.17, 15) is 61.0 Å². The Kier molecular flexibility index (Phi) is 44.6. The van der Waals surface area contributed by atoms with Gasteiger partial charge < -0.3 is 89.9 Å². The topological polar surface area (TPSA) is 307 Å². The van der Waals surface area contributed by atoms with E-state index in [1.807, 2.05) is 0 Å². The summed E-state index contributed by atoms with van der Waals surface area (Å²) >= 11 is 0. The molecule has 0 bridgehead atoms. The van der Waals surface area contributed by atoms with Crippen molar-refractivity contribution in [2.75, 3.05) is 26.4 Å². The van der Waals surface area contributed by atoms with Crippen molar-refractivity contribution >= 4 is 5.91 Å². The van der Waals surface area contributed by atoms with Crippen LogP contribution in [0, 0.1) is 0 Å². The molecular formula is C65H125NO18. The van der Waals surface area contributed by atoms with Gasteiger partial charge in [0.2, 0.25) is 5.91 Å². The van der Waals surface area contributed by atoms with Crippen molar-refractivity contribution in [3.05, 3.63) is 0 Å². The van der Waals surface area contributed by atoms with Crippen LogP contribution in [-0.4, -0.2) is 193 Å². The van der Waals surface area contributed by atoms with Crippen molar-refractivity contribution in [1.29, 1.82) is 0 Å². The highest BCUT2D eigenvalue weighted by Gasteiger charge is 2.53. The van der Waals surface area contributed by atoms with E-state index < -0.39 is 124 Å². The van der Waals surface area contributed by atoms with Crippen molar-refractivity contribution in [1.82, 2.24) is 5.32 Å². The molecule has 17 atom stereocenters. The summed E-state index contributed by atoms with van der Waals surface area (Å²) in [6, 6.07) is -0.879. The Morgan fingerprint density at radius 1 is 0.381 bits per heavy atom. The number of ether oxygens (including phenoxy) is 6. The van der Waals surface area contributed by atoms with Crippen molar-refractivity contribution < 1.29 is 89.4 Å². The Labute approximate surface area is 506 Å². The number of rotatable bonds is 53. The third-order valence-electron chi connectivity index (χ3n) is 17.7. The Morgan fingerprint density at radius 3 is 1.04 bits per heavy atom. The van der Waals surface area contributed by atoms with E-state index in [0.29, 0.717) is 12.8 Å². The number of aliphatic hydroxyl groups excluding tert-OH is 11.